The first-order valence-electron chi connectivity index (χ1n) is 8.52. The number of carbonyl (C=O) groups excluding carboxylic acids is 1. The Balaban J connectivity index is 1.47. The Hall–Kier alpha value is -2.81. The van der Waals surface area contributed by atoms with E-state index in [1.54, 1.807) is 24.3 Å². The van der Waals surface area contributed by atoms with Crippen molar-refractivity contribution in [2.75, 3.05) is 6.54 Å². The number of aromatic amines is 1. The average molecular weight is 379 g/mol. The topological polar surface area (TPSA) is 80.2 Å². The largest absolute Gasteiger partial charge is 0.469 e. The third-order valence-electron chi connectivity index (χ3n) is 4.40. The number of fused-ring (bicyclic) bond motifs is 1. The van der Waals surface area contributed by atoms with Crippen LogP contribution in [0.2, 0.25) is 0 Å². The highest BCUT2D eigenvalue weighted by Crippen LogP contribution is 2.33. The molecule has 0 spiro atoms. The standard InChI is InChI=1S/C18H16F3N3O3/c19-18(20,21)17-24-14-9-13(23-15(14)27-17)10-4-6-11(7-5-10)26-16(25)12-3-1-2-8-22-12/h4-7,9,12,22-23H,1-3,8H2. The zero-order valence-electron chi connectivity index (χ0n) is 14.1. The number of ether oxygens (including phenoxy) is 1. The van der Waals surface area contributed by atoms with Crippen molar-refractivity contribution >= 4 is 17.2 Å². The van der Waals surface area contributed by atoms with Crippen LogP contribution in [0.5, 0.6) is 5.75 Å². The molecule has 1 aliphatic heterocycles. The summed E-state index contributed by atoms with van der Waals surface area (Å²) >= 11 is 0. The minimum Gasteiger partial charge on any atom is -0.425 e. The number of benzene rings is 1. The number of piperidine rings is 1. The second-order valence-electron chi connectivity index (χ2n) is 6.36. The molecule has 6 nitrogen and oxygen atoms in total. The number of oxazole rings is 1. The molecule has 3 heterocycles. The van der Waals surface area contributed by atoms with Crippen LogP contribution >= 0.6 is 0 Å². The van der Waals surface area contributed by atoms with E-state index in [-0.39, 0.29) is 23.2 Å². The summed E-state index contributed by atoms with van der Waals surface area (Å²) in [5.41, 5.74) is 1.30. The monoisotopic (exact) mass is 379 g/mol. The minimum atomic E-state index is -4.63. The number of carbonyl (C=O) groups is 1. The van der Waals surface area contributed by atoms with E-state index in [0.717, 1.165) is 25.8 Å². The second-order valence-corrected chi connectivity index (χ2v) is 6.36. The number of alkyl halides is 3. The second kappa shape index (κ2) is 6.73. The number of halogens is 3. The van der Waals surface area contributed by atoms with Gasteiger partial charge >= 0.3 is 18.0 Å². The fraction of sp³-hybridized carbons (Fsp3) is 0.333. The van der Waals surface area contributed by atoms with Crippen LogP contribution in [0.4, 0.5) is 13.2 Å². The third kappa shape index (κ3) is 3.68. The summed E-state index contributed by atoms with van der Waals surface area (Å²) in [4.78, 5) is 18.3. The minimum absolute atomic E-state index is 0.0452. The number of nitrogens with zero attached hydrogens (tertiary/aromatic N) is 1. The maximum Gasteiger partial charge on any atom is 0.469 e. The van der Waals surface area contributed by atoms with Crippen LogP contribution in [0.15, 0.2) is 34.7 Å². The van der Waals surface area contributed by atoms with E-state index in [9.17, 15) is 18.0 Å². The van der Waals surface area contributed by atoms with Crippen molar-refractivity contribution < 1.29 is 27.1 Å². The first kappa shape index (κ1) is 17.6. The van der Waals surface area contributed by atoms with Gasteiger partial charge in [0.05, 0.1) is 5.69 Å². The van der Waals surface area contributed by atoms with E-state index in [1.807, 2.05) is 0 Å². The fourth-order valence-electron chi connectivity index (χ4n) is 3.03. The molecule has 2 N–H and O–H groups in total. The van der Waals surface area contributed by atoms with Gasteiger partial charge in [0.15, 0.2) is 0 Å². The molecule has 1 saturated heterocycles. The highest BCUT2D eigenvalue weighted by molar-refractivity contribution is 5.80. The molecule has 1 aliphatic rings. The molecular weight excluding hydrogens is 363 g/mol. The molecule has 2 aromatic heterocycles. The first-order valence-corrected chi connectivity index (χ1v) is 8.52. The van der Waals surface area contributed by atoms with Crippen LogP contribution in [0, 0.1) is 0 Å². The molecule has 1 unspecified atom stereocenters. The van der Waals surface area contributed by atoms with Crippen molar-refractivity contribution in [2.24, 2.45) is 0 Å². The first-order chi connectivity index (χ1) is 12.9. The maximum atomic E-state index is 12.6. The van der Waals surface area contributed by atoms with Crippen molar-refractivity contribution in [3.05, 3.63) is 36.2 Å². The number of rotatable bonds is 3. The van der Waals surface area contributed by atoms with Crippen LogP contribution in [0.1, 0.15) is 25.2 Å². The number of esters is 1. The van der Waals surface area contributed by atoms with Gasteiger partial charge in [0, 0.05) is 0 Å². The molecule has 142 valence electrons. The van der Waals surface area contributed by atoms with Crippen molar-refractivity contribution in [2.45, 2.75) is 31.5 Å². The SMILES string of the molecule is O=C(Oc1ccc(-c2cc3nc(C(F)(F)F)oc3[nH]2)cc1)C1CCCCN1. The molecule has 0 amide bonds. The Labute approximate surface area is 151 Å². The van der Waals surface area contributed by atoms with E-state index in [4.69, 9.17) is 9.15 Å². The van der Waals surface area contributed by atoms with Gasteiger partial charge in [0.25, 0.3) is 0 Å². The molecule has 0 saturated carbocycles. The molecule has 9 heteroatoms. The van der Waals surface area contributed by atoms with Gasteiger partial charge < -0.3 is 19.5 Å². The Morgan fingerprint density at radius 1 is 1.22 bits per heavy atom. The van der Waals surface area contributed by atoms with E-state index in [0.29, 0.717) is 17.0 Å². The number of H-pyrrole nitrogens is 1. The highest BCUT2D eigenvalue weighted by Gasteiger charge is 2.37. The predicted octanol–water partition coefficient (Wildman–Crippen LogP) is 3.89. The Morgan fingerprint density at radius 3 is 2.63 bits per heavy atom. The maximum absolute atomic E-state index is 12.6. The van der Waals surface area contributed by atoms with Gasteiger partial charge in [-0.1, -0.05) is 6.42 Å². The summed E-state index contributed by atoms with van der Waals surface area (Å²) in [5, 5.41) is 3.13. The molecule has 0 aliphatic carbocycles. The van der Waals surface area contributed by atoms with Crippen LogP contribution in [-0.4, -0.2) is 28.5 Å². The molecule has 27 heavy (non-hydrogen) atoms. The summed E-state index contributed by atoms with van der Waals surface area (Å²) in [5.74, 6) is -1.19. The number of hydrogen-bond donors (Lipinski definition) is 2. The molecule has 1 aromatic carbocycles. The number of aromatic nitrogens is 2. The fourth-order valence-corrected chi connectivity index (χ4v) is 3.03. The summed E-state index contributed by atoms with van der Waals surface area (Å²) in [7, 11) is 0. The summed E-state index contributed by atoms with van der Waals surface area (Å²) in [6.45, 7) is 0.802. The van der Waals surface area contributed by atoms with Gasteiger partial charge in [-0.25, -0.2) is 9.78 Å². The Bertz CT molecular complexity index is 922. The normalized spacial score (nSPS) is 18.0. The lowest BCUT2D eigenvalue weighted by molar-refractivity contribution is -0.156. The Morgan fingerprint density at radius 2 is 2.00 bits per heavy atom. The lowest BCUT2D eigenvalue weighted by atomic mass is 10.1. The predicted molar refractivity (Wildman–Crippen MR) is 90.1 cm³/mol. The number of nitrogens with one attached hydrogen (secondary N) is 2. The van der Waals surface area contributed by atoms with E-state index in [2.05, 4.69) is 15.3 Å². The van der Waals surface area contributed by atoms with Gasteiger partial charge in [-0.3, -0.25) is 0 Å². The van der Waals surface area contributed by atoms with Gasteiger partial charge in [-0.2, -0.15) is 13.2 Å². The van der Waals surface area contributed by atoms with Crippen LogP contribution in [-0.2, 0) is 11.0 Å². The third-order valence-corrected chi connectivity index (χ3v) is 4.40. The molecule has 1 fully saturated rings. The van der Waals surface area contributed by atoms with Crippen molar-refractivity contribution in [1.29, 1.82) is 0 Å². The van der Waals surface area contributed by atoms with Gasteiger partial charge in [-0.05, 0) is 55.3 Å². The summed E-state index contributed by atoms with van der Waals surface area (Å²) in [6, 6.07) is 7.85. The van der Waals surface area contributed by atoms with Gasteiger partial charge in [0.2, 0.25) is 5.71 Å². The molecule has 3 aromatic rings. The molecule has 0 bridgehead atoms. The summed E-state index contributed by atoms with van der Waals surface area (Å²) in [6.07, 6.45) is -1.83. The zero-order valence-corrected chi connectivity index (χ0v) is 14.1. The lowest BCUT2D eigenvalue weighted by Crippen LogP contribution is -2.42. The molecule has 0 radical (unpaired) electrons. The molecule has 1 atom stereocenters. The van der Waals surface area contributed by atoms with E-state index in [1.165, 1.54) is 6.07 Å². The Kier molecular flexibility index (Phi) is 4.39. The van der Waals surface area contributed by atoms with E-state index >= 15 is 0 Å². The van der Waals surface area contributed by atoms with Crippen LogP contribution < -0.4 is 10.1 Å². The van der Waals surface area contributed by atoms with Crippen molar-refractivity contribution in [1.82, 2.24) is 15.3 Å². The molecule has 4 rings (SSSR count). The lowest BCUT2D eigenvalue weighted by Gasteiger charge is -2.21. The van der Waals surface area contributed by atoms with Gasteiger partial charge in [-0.15, -0.1) is 0 Å². The van der Waals surface area contributed by atoms with Gasteiger partial charge in [0.1, 0.15) is 17.3 Å². The quantitative estimate of drug-likeness (QED) is 0.533. The van der Waals surface area contributed by atoms with E-state index < -0.39 is 12.1 Å². The van der Waals surface area contributed by atoms with Crippen molar-refractivity contribution in [3.63, 3.8) is 0 Å². The van der Waals surface area contributed by atoms with Crippen LogP contribution in [0.3, 0.4) is 0 Å². The zero-order chi connectivity index (χ0) is 19.0. The number of hydrogen-bond acceptors (Lipinski definition) is 5. The smallest absolute Gasteiger partial charge is 0.425 e. The molecular formula is C18H16F3N3O3. The highest BCUT2D eigenvalue weighted by atomic mass is 19.4. The van der Waals surface area contributed by atoms with Crippen molar-refractivity contribution in [3.8, 4) is 17.0 Å². The average Bonchev–Trinajstić information content (AvgIpc) is 3.22. The summed E-state index contributed by atoms with van der Waals surface area (Å²) < 4.78 is 47.9. The van der Waals surface area contributed by atoms with Crippen LogP contribution in [0.25, 0.3) is 22.5 Å².